The lowest BCUT2D eigenvalue weighted by Crippen LogP contribution is -2.35. The van der Waals surface area contributed by atoms with E-state index in [2.05, 4.69) is 25.8 Å². The molecule has 3 heterocycles. The molecule has 1 aliphatic rings. The normalized spacial score (nSPS) is 15.5. The molecule has 1 saturated heterocycles. The van der Waals surface area contributed by atoms with Gasteiger partial charge >= 0.3 is 0 Å². The molecule has 0 bridgehead atoms. The average Bonchev–Trinajstić information content (AvgIpc) is 3.12. The van der Waals surface area contributed by atoms with Crippen LogP contribution in [0.1, 0.15) is 27.4 Å². The molecular formula is C20H19BrN2O3. The Morgan fingerprint density at radius 3 is 2.69 bits per heavy atom. The lowest BCUT2D eigenvalue weighted by Gasteiger charge is -2.26. The van der Waals surface area contributed by atoms with Crippen LogP contribution in [0.4, 0.5) is 0 Å². The Morgan fingerprint density at radius 1 is 1.23 bits per heavy atom. The Balaban J connectivity index is 1.69. The van der Waals surface area contributed by atoms with Crippen LogP contribution in [0, 0.1) is 6.92 Å². The van der Waals surface area contributed by atoms with E-state index in [1.165, 1.54) is 0 Å². The van der Waals surface area contributed by atoms with E-state index in [4.69, 9.17) is 9.15 Å². The maximum absolute atomic E-state index is 12.8. The van der Waals surface area contributed by atoms with Crippen molar-refractivity contribution in [2.24, 2.45) is 0 Å². The Morgan fingerprint density at radius 2 is 1.96 bits per heavy atom. The molecular weight excluding hydrogens is 396 g/mol. The Kier molecular flexibility index (Phi) is 4.89. The second-order valence-corrected chi connectivity index (χ2v) is 7.36. The predicted octanol–water partition coefficient (Wildman–Crippen LogP) is 3.96. The van der Waals surface area contributed by atoms with Gasteiger partial charge in [-0.2, -0.15) is 0 Å². The zero-order chi connectivity index (χ0) is 18.1. The van der Waals surface area contributed by atoms with E-state index in [1.54, 1.807) is 12.1 Å². The number of hydrogen-bond donors (Lipinski definition) is 0. The second-order valence-electron chi connectivity index (χ2n) is 6.45. The summed E-state index contributed by atoms with van der Waals surface area (Å²) in [5, 5.41) is 0.962. The van der Waals surface area contributed by atoms with E-state index in [-0.39, 0.29) is 5.78 Å². The third-order valence-corrected chi connectivity index (χ3v) is 5.18. The van der Waals surface area contributed by atoms with Gasteiger partial charge in [-0.1, -0.05) is 15.9 Å². The van der Waals surface area contributed by atoms with E-state index in [9.17, 15) is 4.79 Å². The number of ketones is 1. The van der Waals surface area contributed by atoms with E-state index in [0.717, 1.165) is 54.0 Å². The van der Waals surface area contributed by atoms with Gasteiger partial charge < -0.3 is 9.15 Å². The lowest BCUT2D eigenvalue weighted by molar-refractivity contribution is 0.0343. The number of ether oxygens (including phenoxy) is 1. The molecule has 0 saturated carbocycles. The maximum Gasteiger partial charge on any atom is 0.228 e. The third kappa shape index (κ3) is 3.45. The van der Waals surface area contributed by atoms with Crippen molar-refractivity contribution in [1.29, 1.82) is 0 Å². The van der Waals surface area contributed by atoms with Crippen molar-refractivity contribution in [3.63, 3.8) is 0 Å². The van der Waals surface area contributed by atoms with Crippen molar-refractivity contribution >= 4 is 32.7 Å². The summed E-state index contributed by atoms with van der Waals surface area (Å²) >= 11 is 3.39. The van der Waals surface area contributed by atoms with E-state index in [1.807, 2.05) is 31.3 Å². The highest BCUT2D eigenvalue weighted by Gasteiger charge is 2.19. The number of morpholine rings is 1. The number of pyridine rings is 1. The standard InChI is InChI=1S/C20H19BrN2O3/c1-13-20-17(15(11-22-13)12-23-6-8-25-9-7-23)10-18(26-20)19(24)14-2-4-16(21)5-3-14/h2-5,10-11H,6-9,12H2,1H3. The Hall–Kier alpha value is -2.02. The SMILES string of the molecule is Cc1ncc(CN2CCOCC2)c2cc(C(=O)c3ccc(Br)cc3)oc12. The van der Waals surface area contributed by atoms with Crippen LogP contribution in [0.5, 0.6) is 0 Å². The fourth-order valence-corrected chi connectivity index (χ4v) is 3.45. The molecule has 134 valence electrons. The minimum absolute atomic E-state index is 0.120. The maximum atomic E-state index is 12.8. The zero-order valence-electron chi connectivity index (χ0n) is 14.5. The first-order valence-electron chi connectivity index (χ1n) is 8.60. The molecule has 1 fully saturated rings. The number of benzene rings is 1. The number of aromatic nitrogens is 1. The van der Waals surface area contributed by atoms with Crippen LogP contribution in [0.25, 0.3) is 11.0 Å². The Bertz CT molecular complexity index is 944. The van der Waals surface area contributed by atoms with Crippen LogP contribution >= 0.6 is 15.9 Å². The van der Waals surface area contributed by atoms with E-state index >= 15 is 0 Å². The molecule has 6 heteroatoms. The molecule has 5 nitrogen and oxygen atoms in total. The molecule has 0 atom stereocenters. The number of nitrogens with zero attached hydrogens (tertiary/aromatic N) is 2. The van der Waals surface area contributed by atoms with Gasteiger partial charge in [0.05, 0.1) is 18.9 Å². The summed E-state index contributed by atoms with van der Waals surface area (Å²) in [5.41, 5.74) is 3.16. The van der Waals surface area contributed by atoms with Crippen molar-refractivity contribution in [3.8, 4) is 0 Å². The lowest BCUT2D eigenvalue weighted by atomic mass is 10.1. The summed E-state index contributed by atoms with van der Waals surface area (Å²) in [6.07, 6.45) is 1.89. The van der Waals surface area contributed by atoms with Crippen LogP contribution in [-0.2, 0) is 11.3 Å². The summed E-state index contributed by atoms with van der Waals surface area (Å²) in [7, 11) is 0. The molecule has 26 heavy (non-hydrogen) atoms. The average molecular weight is 415 g/mol. The number of carbonyl (C=O) groups excluding carboxylic acids is 1. The van der Waals surface area contributed by atoms with E-state index in [0.29, 0.717) is 16.9 Å². The molecule has 0 amide bonds. The summed E-state index contributed by atoms with van der Waals surface area (Å²) in [5.74, 6) is 0.229. The van der Waals surface area contributed by atoms with Crippen molar-refractivity contribution in [1.82, 2.24) is 9.88 Å². The number of aryl methyl sites for hydroxylation is 1. The van der Waals surface area contributed by atoms with Gasteiger partial charge in [-0.3, -0.25) is 14.7 Å². The summed E-state index contributed by atoms with van der Waals surface area (Å²) in [6.45, 7) is 5.98. The fourth-order valence-electron chi connectivity index (χ4n) is 3.18. The quantitative estimate of drug-likeness (QED) is 0.604. The molecule has 1 aliphatic heterocycles. The third-order valence-electron chi connectivity index (χ3n) is 4.65. The highest BCUT2D eigenvalue weighted by atomic mass is 79.9. The van der Waals surface area contributed by atoms with Crippen molar-refractivity contribution in [2.45, 2.75) is 13.5 Å². The fraction of sp³-hybridized carbons (Fsp3) is 0.300. The number of carbonyl (C=O) groups is 1. The van der Waals surface area contributed by atoms with Gasteiger partial charge in [0.1, 0.15) is 0 Å². The number of furan rings is 1. The van der Waals surface area contributed by atoms with Gasteiger partial charge in [-0.25, -0.2) is 0 Å². The highest BCUT2D eigenvalue weighted by molar-refractivity contribution is 9.10. The molecule has 0 N–H and O–H groups in total. The van der Waals surface area contributed by atoms with Gasteiger partial charge in [0, 0.05) is 41.3 Å². The van der Waals surface area contributed by atoms with Gasteiger partial charge in [0.2, 0.25) is 5.78 Å². The number of rotatable bonds is 4. The smallest absolute Gasteiger partial charge is 0.228 e. The van der Waals surface area contributed by atoms with Gasteiger partial charge in [0.25, 0.3) is 0 Å². The highest BCUT2D eigenvalue weighted by Crippen LogP contribution is 2.27. The molecule has 0 aliphatic carbocycles. The minimum atomic E-state index is -0.120. The molecule has 0 unspecified atom stereocenters. The first kappa shape index (κ1) is 17.4. The Labute approximate surface area is 160 Å². The molecule has 0 radical (unpaired) electrons. The van der Waals surface area contributed by atoms with Crippen molar-refractivity contribution < 1.29 is 13.9 Å². The number of hydrogen-bond acceptors (Lipinski definition) is 5. The van der Waals surface area contributed by atoms with Gasteiger partial charge in [-0.15, -0.1) is 0 Å². The van der Waals surface area contributed by atoms with Crippen molar-refractivity contribution in [2.75, 3.05) is 26.3 Å². The van der Waals surface area contributed by atoms with Crippen LogP contribution in [-0.4, -0.2) is 42.0 Å². The molecule has 0 spiro atoms. The first-order valence-corrected chi connectivity index (χ1v) is 9.39. The summed E-state index contributed by atoms with van der Waals surface area (Å²) < 4.78 is 12.3. The van der Waals surface area contributed by atoms with Crippen LogP contribution < -0.4 is 0 Å². The van der Waals surface area contributed by atoms with Gasteiger partial charge in [-0.05, 0) is 42.8 Å². The number of fused-ring (bicyclic) bond motifs is 1. The van der Waals surface area contributed by atoms with E-state index < -0.39 is 0 Å². The molecule has 1 aromatic carbocycles. The van der Waals surface area contributed by atoms with Crippen LogP contribution in [0.15, 0.2) is 45.4 Å². The van der Waals surface area contributed by atoms with Crippen LogP contribution in [0.3, 0.4) is 0 Å². The predicted molar refractivity (Wildman–Crippen MR) is 102 cm³/mol. The zero-order valence-corrected chi connectivity index (χ0v) is 16.1. The summed E-state index contributed by atoms with van der Waals surface area (Å²) in [4.78, 5) is 19.6. The van der Waals surface area contributed by atoms with Gasteiger partial charge in [0.15, 0.2) is 11.3 Å². The molecule has 2 aromatic heterocycles. The van der Waals surface area contributed by atoms with Crippen LogP contribution in [0.2, 0.25) is 0 Å². The first-order chi connectivity index (χ1) is 12.6. The topological polar surface area (TPSA) is 55.6 Å². The second kappa shape index (κ2) is 7.31. The molecule has 4 rings (SSSR count). The largest absolute Gasteiger partial charge is 0.451 e. The number of halogens is 1. The monoisotopic (exact) mass is 414 g/mol. The summed E-state index contributed by atoms with van der Waals surface area (Å²) in [6, 6.07) is 9.14. The molecule has 3 aromatic rings. The van der Waals surface area contributed by atoms with Crippen molar-refractivity contribution in [3.05, 3.63) is 63.6 Å². The minimum Gasteiger partial charge on any atom is -0.451 e.